The van der Waals surface area contributed by atoms with Gasteiger partial charge >= 0.3 is 0 Å². The third-order valence-corrected chi connectivity index (χ3v) is 5.51. The highest BCUT2D eigenvalue weighted by molar-refractivity contribution is 5.87. The SMILES string of the molecule is Cc1cc(Nc2nccc(-c3cccc(-c4cc(C5(O)CCN(C)C5=O)on4)n3)n2)ccn1. The summed E-state index contributed by atoms with van der Waals surface area (Å²) in [6.45, 7) is 2.36. The van der Waals surface area contributed by atoms with E-state index in [9.17, 15) is 9.90 Å². The number of likely N-dealkylation sites (N-methyl/N-ethyl adjacent to an activating group) is 1. The summed E-state index contributed by atoms with van der Waals surface area (Å²) in [7, 11) is 1.64. The second-order valence-corrected chi connectivity index (χ2v) is 7.90. The van der Waals surface area contributed by atoms with Gasteiger partial charge in [-0.15, -0.1) is 0 Å². The molecule has 166 valence electrons. The molecule has 10 heteroatoms. The first kappa shape index (κ1) is 20.7. The van der Waals surface area contributed by atoms with E-state index in [4.69, 9.17) is 4.52 Å². The molecule has 1 fully saturated rings. The number of nitrogens with zero attached hydrogens (tertiary/aromatic N) is 6. The summed E-state index contributed by atoms with van der Waals surface area (Å²) in [5.41, 5.74) is 2.20. The molecule has 5 rings (SSSR count). The molecule has 1 saturated heterocycles. The molecule has 33 heavy (non-hydrogen) atoms. The summed E-state index contributed by atoms with van der Waals surface area (Å²) >= 11 is 0. The number of carbonyl (C=O) groups is 1. The molecule has 4 aromatic rings. The Kier molecular flexibility index (Phi) is 5.06. The van der Waals surface area contributed by atoms with E-state index in [2.05, 4.69) is 30.4 Å². The van der Waals surface area contributed by atoms with Crippen molar-refractivity contribution < 1.29 is 14.4 Å². The molecule has 0 saturated carbocycles. The molecule has 0 bridgehead atoms. The van der Waals surface area contributed by atoms with E-state index in [-0.39, 0.29) is 12.2 Å². The molecular weight excluding hydrogens is 422 g/mol. The molecule has 0 spiro atoms. The zero-order chi connectivity index (χ0) is 23.0. The smallest absolute Gasteiger partial charge is 0.262 e. The molecule has 1 atom stereocenters. The van der Waals surface area contributed by atoms with Crippen LogP contribution in [0.25, 0.3) is 22.8 Å². The molecule has 1 aliphatic rings. The van der Waals surface area contributed by atoms with Crippen LogP contribution >= 0.6 is 0 Å². The fourth-order valence-electron chi connectivity index (χ4n) is 3.71. The summed E-state index contributed by atoms with van der Waals surface area (Å²) in [5.74, 6) is 0.137. The van der Waals surface area contributed by atoms with Crippen LogP contribution in [0, 0.1) is 6.92 Å². The van der Waals surface area contributed by atoms with Gasteiger partial charge in [-0.2, -0.15) is 0 Å². The van der Waals surface area contributed by atoms with Gasteiger partial charge < -0.3 is 19.8 Å². The van der Waals surface area contributed by atoms with Gasteiger partial charge in [0.05, 0.1) is 17.1 Å². The van der Waals surface area contributed by atoms with Crippen molar-refractivity contribution >= 4 is 17.5 Å². The Labute approximate surface area is 189 Å². The Hall–Kier alpha value is -4.18. The third-order valence-electron chi connectivity index (χ3n) is 5.51. The summed E-state index contributed by atoms with van der Waals surface area (Å²) in [6, 6.07) is 12.5. The minimum atomic E-state index is -1.70. The van der Waals surface area contributed by atoms with Gasteiger partial charge in [0.1, 0.15) is 5.69 Å². The van der Waals surface area contributed by atoms with E-state index < -0.39 is 11.5 Å². The largest absolute Gasteiger partial charge is 0.373 e. The van der Waals surface area contributed by atoms with Gasteiger partial charge in [0.25, 0.3) is 5.91 Å². The van der Waals surface area contributed by atoms with Crippen LogP contribution in [0.15, 0.2) is 59.4 Å². The van der Waals surface area contributed by atoms with Crippen LogP contribution in [0.1, 0.15) is 17.9 Å². The lowest BCUT2D eigenvalue weighted by atomic mass is 9.98. The summed E-state index contributed by atoms with van der Waals surface area (Å²) in [4.78, 5) is 31.5. The number of aromatic nitrogens is 5. The van der Waals surface area contributed by atoms with E-state index in [1.165, 1.54) is 4.90 Å². The molecule has 5 heterocycles. The lowest BCUT2D eigenvalue weighted by molar-refractivity contribution is -0.144. The van der Waals surface area contributed by atoms with Gasteiger partial charge in [0.15, 0.2) is 5.76 Å². The van der Waals surface area contributed by atoms with E-state index >= 15 is 0 Å². The van der Waals surface area contributed by atoms with E-state index in [0.29, 0.717) is 35.3 Å². The minimum Gasteiger partial charge on any atom is -0.373 e. The average Bonchev–Trinajstić information content (AvgIpc) is 3.42. The van der Waals surface area contributed by atoms with Gasteiger partial charge in [-0.3, -0.25) is 9.78 Å². The maximum atomic E-state index is 12.3. The first-order valence-electron chi connectivity index (χ1n) is 10.4. The Morgan fingerprint density at radius 3 is 2.55 bits per heavy atom. The number of aliphatic hydroxyl groups is 1. The number of pyridine rings is 2. The Balaban J connectivity index is 1.42. The van der Waals surface area contributed by atoms with Gasteiger partial charge in [0.2, 0.25) is 11.5 Å². The standard InChI is InChI=1S/C23H21N7O3/c1-14-12-15(6-9-24-14)26-22-25-10-7-18(28-22)16-4-3-5-17(27-16)19-13-20(33-29-19)23(32)8-11-30(2)21(23)31/h3-7,9-10,12-13,32H,8,11H2,1-2H3,(H,24,25,26,28). The fraction of sp³-hybridized carbons (Fsp3) is 0.217. The van der Waals surface area contributed by atoms with Crippen molar-refractivity contribution in [2.24, 2.45) is 0 Å². The quantitative estimate of drug-likeness (QED) is 0.478. The topological polar surface area (TPSA) is 130 Å². The fourth-order valence-corrected chi connectivity index (χ4v) is 3.71. The van der Waals surface area contributed by atoms with Crippen LogP contribution in [0.4, 0.5) is 11.6 Å². The second-order valence-electron chi connectivity index (χ2n) is 7.90. The Morgan fingerprint density at radius 2 is 1.79 bits per heavy atom. The van der Waals surface area contributed by atoms with Crippen molar-refractivity contribution in [2.45, 2.75) is 18.9 Å². The molecule has 0 aliphatic carbocycles. The summed E-state index contributed by atoms with van der Waals surface area (Å²) < 4.78 is 5.34. The number of likely N-dealkylation sites (tertiary alicyclic amines) is 1. The number of carbonyl (C=O) groups excluding carboxylic acids is 1. The van der Waals surface area contributed by atoms with E-state index in [1.54, 1.807) is 37.6 Å². The molecule has 2 N–H and O–H groups in total. The van der Waals surface area contributed by atoms with E-state index in [1.807, 2.05) is 31.2 Å². The van der Waals surface area contributed by atoms with Gasteiger partial charge in [-0.1, -0.05) is 11.2 Å². The lowest BCUT2D eigenvalue weighted by Gasteiger charge is -2.16. The monoisotopic (exact) mass is 443 g/mol. The maximum Gasteiger partial charge on any atom is 0.262 e. The molecule has 1 aliphatic heterocycles. The Morgan fingerprint density at radius 1 is 1.03 bits per heavy atom. The number of aryl methyl sites for hydroxylation is 1. The molecule has 0 radical (unpaired) electrons. The highest BCUT2D eigenvalue weighted by Crippen LogP contribution is 2.34. The molecule has 1 unspecified atom stereocenters. The third kappa shape index (κ3) is 3.92. The van der Waals surface area contributed by atoms with Gasteiger partial charge in [-0.25, -0.2) is 15.0 Å². The number of rotatable bonds is 5. The normalized spacial score (nSPS) is 18.0. The molecular formula is C23H21N7O3. The van der Waals surface area contributed by atoms with Crippen molar-refractivity contribution in [3.05, 3.63) is 66.3 Å². The number of amides is 1. The van der Waals surface area contributed by atoms with Gasteiger partial charge in [-0.05, 0) is 37.3 Å². The van der Waals surface area contributed by atoms with Crippen molar-refractivity contribution in [3.63, 3.8) is 0 Å². The van der Waals surface area contributed by atoms with Crippen LogP contribution in [-0.4, -0.2) is 54.6 Å². The average molecular weight is 443 g/mol. The van der Waals surface area contributed by atoms with Crippen LogP contribution < -0.4 is 5.32 Å². The molecule has 4 aromatic heterocycles. The van der Waals surface area contributed by atoms with Crippen LogP contribution in [-0.2, 0) is 10.4 Å². The summed E-state index contributed by atoms with van der Waals surface area (Å²) in [6.07, 6.45) is 3.61. The van der Waals surface area contributed by atoms with Gasteiger partial charge in [0, 0.05) is 49.9 Å². The number of anilines is 2. The highest BCUT2D eigenvalue weighted by atomic mass is 16.5. The lowest BCUT2D eigenvalue weighted by Crippen LogP contribution is -2.35. The first-order chi connectivity index (χ1) is 15.9. The predicted molar refractivity (Wildman–Crippen MR) is 119 cm³/mol. The number of hydrogen-bond donors (Lipinski definition) is 2. The maximum absolute atomic E-state index is 12.3. The number of nitrogens with one attached hydrogen (secondary N) is 1. The minimum absolute atomic E-state index is 0.111. The zero-order valence-electron chi connectivity index (χ0n) is 18.1. The van der Waals surface area contributed by atoms with E-state index in [0.717, 1.165) is 11.4 Å². The first-order valence-corrected chi connectivity index (χ1v) is 10.4. The molecule has 0 aromatic carbocycles. The zero-order valence-corrected chi connectivity index (χ0v) is 18.1. The second kappa shape index (κ2) is 8.06. The number of hydrogen-bond acceptors (Lipinski definition) is 9. The van der Waals surface area contributed by atoms with Crippen LogP contribution in [0.2, 0.25) is 0 Å². The van der Waals surface area contributed by atoms with Crippen molar-refractivity contribution in [1.29, 1.82) is 0 Å². The highest BCUT2D eigenvalue weighted by Gasteiger charge is 2.48. The van der Waals surface area contributed by atoms with Crippen LogP contribution in [0.3, 0.4) is 0 Å². The molecule has 1 amide bonds. The Bertz CT molecular complexity index is 1340. The van der Waals surface area contributed by atoms with Crippen LogP contribution in [0.5, 0.6) is 0 Å². The van der Waals surface area contributed by atoms with Crippen molar-refractivity contribution in [3.8, 4) is 22.8 Å². The van der Waals surface area contributed by atoms with Crippen molar-refractivity contribution in [2.75, 3.05) is 18.9 Å². The molecule has 10 nitrogen and oxygen atoms in total. The van der Waals surface area contributed by atoms with Crippen molar-refractivity contribution in [1.82, 2.24) is 30.0 Å². The predicted octanol–water partition coefficient (Wildman–Crippen LogP) is 2.69. The summed E-state index contributed by atoms with van der Waals surface area (Å²) in [5, 5.41) is 18.0.